The lowest BCUT2D eigenvalue weighted by molar-refractivity contribution is 0.0939. The summed E-state index contributed by atoms with van der Waals surface area (Å²) in [4.78, 5) is 27.7. The van der Waals surface area contributed by atoms with Crippen LogP contribution in [0, 0.1) is 0 Å². The van der Waals surface area contributed by atoms with Crippen LogP contribution in [-0.4, -0.2) is 50.7 Å². The first kappa shape index (κ1) is 17.0. The molecule has 132 valence electrons. The van der Waals surface area contributed by atoms with E-state index in [1.165, 1.54) is 4.90 Å². The highest BCUT2D eigenvalue weighted by molar-refractivity contribution is 5.97. The van der Waals surface area contributed by atoms with Crippen molar-refractivity contribution >= 4 is 17.7 Å². The summed E-state index contributed by atoms with van der Waals surface area (Å²) in [6.45, 7) is 1.27. The molecule has 1 aromatic carbocycles. The van der Waals surface area contributed by atoms with Crippen LogP contribution in [0.3, 0.4) is 0 Å². The zero-order valence-corrected chi connectivity index (χ0v) is 14.3. The zero-order valence-electron chi connectivity index (χ0n) is 14.3. The summed E-state index contributed by atoms with van der Waals surface area (Å²) in [5.74, 6) is 0.590. The van der Waals surface area contributed by atoms with Gasteiger partial charge in [0.25, 0.3) is 5.91 Å². The van der Waals surface area contributed by atoms with Crippen LogP contribution in [0.15, 0.2) is 47.1 Å². The minimum Gasteiger partial charge on any atom is -0.468 e. The molecule has 3 rings (SSSR count). The van der Waals surface area contributed by atoms with Crippen LogP contribution in [0.25, 0.3) is 0 Å². The Labute approximate surface area is 146 Å². The van der Waals surface area contributed by atoms with E-state index < -0.39 is 0 Å². The lowest BCUT2D eigenvalue weighted by Gasteiger charge is -2.22. The zero-order chi connectivity index (χ0) is 17.8. The third-order valence-electron chi connectivity index (χ3n) is 4.13. The number of furan rings is 1. The number of ether oxygens (including phenoxy) is 1. The topological polar surface area (TPSA) is 75.0 Å². The highest BCUT2D eigenvalue weighted by atomic mass is 16.6. The van der Waals surface area contributed by atoms with Gasteiger partial charge in [-0.15, -0.1) is 0 Å². The first-order valence-corrected chi connectivity index (χ1v) is 8.08. The van der Waals surface area contributed by atoms with Gasteiger partial charge in [-0.05, 0) is 44.4 Å². The first-order chi connectivity index (χ1) is 12.1. The quantitative estimate of drug-likeness (QED) is 0.871. The Morgan fingerprint density at radius 2 is 2.16 bits per heavy atom. The molecule has 1 aromatic heterocycles. The molecule has 2 aromatic rings. The molecular weight excluding hydrogens is 322 g/mol. The van der Waals surface area contributed by atoms with Crippen molar-refractivity contribution in [1.82, 2.24) is 10.2 Å². The number of amides is 2. The number of anilines is 1. The van der Waals surface area contributed by atoms with Crippen molar-refractivity contribution in [1.29, 1.82) is 0 Å². The Bertz CT molecular complexity index is 743. The average molecular weight is 343 g/mol. The van der Waals surface area contributed by atoms with Crippen LogP contribution in [-0.2, 0) is 4.74 Å². The van der Waals surface area contributed by atoms with E-state index in [4.69, 9.17) is 9.15 Å². The molecule has 25 heavy (non-hydrogen) atoms. The van der Waals surface area contributed by atoms with E-state index in [9.17, 15) is 9.59 Å². The molecular formula is C18H21N3O4. The molecule has 7 nitrogen and oxygen atoms in total. The van der Waals surface area contributed by atoms with Crippen LogP contribution in [0.5, 0.6) is 0 Å². The van der Waals surface area contributed by atoms with Crippen LogP contribution >= 0.6 is 0 Å². The second kappa shape index (κ2) is 7.40. The van der Waals surface area contributed by atoms with E-state index in [-0.39, 0.29) is 18.0 Å². The summed E-state index contributed by atoms with van der Waals surface area (Å²) in [5, 5.41) is 2.92. The summed E-state index contributed by atoms with van der Waals surface area (Å²) in [6.07, 6.45) is 1.23. The van der Waals surface area contributed by atoms with Crippen LogP contribution in [0.4, 0.5) is 10.5 Å². The largest absolute Gasteiger partial charge is 0.468 e. The fourth-order valence-electron chi connectivity index (χ4n) is 2.75. The Morgan fingerprint density at radius 3 is 2.80 bits per heavy atom. The molecule has 1 N–H and O–H groups in total. The Morgan fingerprint density at radius 1 is 1.32 bits per heavy atom. The predicted molar refractivity (Wildman–Crippen MR) is 92.6 cm³/mol. The molecule has 1 saturated heterocycles. The van der Waals surface area contributed by atoms with E-state index in [1.807, 2.05) is 31.1 Å². The normalized spacial score (nSPS) is 15.3. The van der Waals surface area contributed by atoms with Gasteiger partial charge in [-0.3, -0.25) is 14.6 Å². The standard InChI is InChI=1S/C18H21N3O4/c1-20(2)15(16-7-4-9-24-16)12-19-17(22)13-5-3-6-14(11-13)21-8-10-25-18(21)23/h3-7,9,11,15H,8,10,12H2,1-2H3,(H,19,22). The van der Waals surface area contributed by atoms with Gasteiger partial charge in [0.05, 0.1) is 18.8 Å². The van der Waals surface area contributed by atoms with Gasteiger partial charge < -0.3 is 14.5 Å². The number of carbonyl (C=O) groups is 2. The van der Waals surface area contributed by atoms with Crippen LogP contribution in [0.2, 0.25) is 0 Å². The summed E-state index contributed by atoms with van der Waals surface area (Å²) in [7, 11) is 3.86. The lowest BCUT2D eigenvalue weighted by Crippen LogP contribution is -2.34. The smallest absolute Gasteiger partial charge is 0.414 e. The molecule has 1 atom stereocenters. The predicted octanol–water partition coefficient (Wildman–Crippen LogP) is 2.27. The van der Waals surface area contributed by atoms with Gasteiger partial charge in [0.15, 0.2) is 0 Å². The Hall–Kier alpha value is -2.80. The SMILES string of the molecule is CN(C)C(CNC(=O)c1cccc(N2CCOC2=O)c1)c1ccco1. The van der Waals surface area contributed by atoms with Crippen molar-refractivity contribution in [3.63, 3.8) is 0 Å². The summed E-state index contributed by atoms with van der Waals surface area (Å²) >= 11 is 0. The number of nitrogens with one attached hydrogen (secondary N) is 1. The van der Waals surface area contributed by atoms with Crippen LogP contribution < -0.4 is 10.2 Å². The van der Waals surface area contributed by atoms with E-state index in [0.29, 0.717) is 30.9 Å². The molecule has 0 saturated carbocycles. The molecule has 7 heteroatoms. The van der Waals surface area contributed by atoms with Crippen molar-refractivity contribution in [3.8, 4) is 0 Å². The molecule has 1 unspecified atom stereocenters. The molecule has 0 aliphatic carbocycles. The number of nitrogens with zero attached hydrogens (tertiary/aromatic N) is 2. The minimum atomic E-state index is -0.386. The van der Waals surface area contributed by atoms with Crippen molar-refractivity contribution in [2.24, 2.45) is 0 Å². The summed E-state index contributed by atoms with van der Waals surface area (Å²) in [6, 6.07) is 10.6. The molecule has 0 spiro atoms. The molecule has 0 bridgehead atoms. The van der Waals surface area contributed by atoms with E-state index in [2.05, 4.69) is 5.32 Å². The van der Waals surface area contributed by atoms with Gasteiger partial charge >= 0.3 is 6.09 Å². The number of likely N-dealkylation sites (N-methyl/N-ethyl adjacent to an activating group) is 1. The number of cyclic esters (lactones) is 1. The number of carbonyl (C=O) groups excluding carboxylic acids is 2. The maximum atomic E-state index is 12.5. The number of rotatable bonds is 6. The van der Waals surface area contributed by atoms with Gasteiger partial charge in [-0.25, -0.2) is 4.79 Å². The Balaban J connectivity index is 1.68. The molecule has 2 heterocycles. The summed E-state index contributed by atoms with van der Waals surface area (Å²) in [5.41, 5.74) is 1.15. The summed E-state index contributed by atoms with van der Waals surface area (Å²) < 4.78 is 10.4. The highest BCUT2D eigenvalue weighted by Gasteiger charge is 2.24. The first-order valence-electron chi connectivity index (χ1n) is 8.08. The van der Waals surface area contributed by atoms with Crippen molar-refractivity contribution in [2.75, 3.05) is 38.7 Å². The third-order valence-corrected chi connectivity index (χ3v) is 4.13. The molecule has 1 aliphatic rings. The van der Waals surface area contributed by atoms with Crippen LogP contribution in [0.1, 0.15) is 22.2 Å². The van der Waals surface area contributed by atoms with Crippen molar-refractivity contribution in [2.45, 2.75) is 6.04 Å². The minimum absolute atomic E-state index is 0.0595. The van der Waals surface area contributed by atoms with Gasteiger partial charge in [0.1, 0.15) is 12.4 Å². The fourth-order valence-corrected chi connectivity index (χ4v) is 2.75. The molecule has 1 aliphatic heterocycles. The number of hydrogen-bond acceptors (Lipinski definition) is 5. The maximum absolute atomic E-state index is 12.5. The van der Waals surface area contributed by atoms with E-state index in [1.54, 1.807) is 30.5 Å². The van der Waals surface area contributed by atoms with Crippen molar-refractivity contribution in [3.05, 3.63) is 54.0 Å². The number of benzene rings is 1. The third kappa shape index (κ3) is 3.83. The van der Waals surface area contributed by atoms with Crippen molar-refractivity contribution < 1.29 is 18.7 Å². The van der Waals surface area contributed by atoms with Gasteiger partial charge in [-0.2, -0.15) is 0 Å². The van der Waals surface area contributed by atoms with Gasteiger partial charge in [-0.1, -0.05) is 6.07 Å². The van der Waals surface area contributed by atoms with Gasteiger partial charge in [0.2, 0.25) is 0 Å². The second-order valence-electron chi connectivity index (χ2n) is 6.02. The average Bonchev–Trinajstić information content (AvgIpc) is 3.26. The Kier molecular flexibility index (Phi) is 5.04. The van der Waals surface area contributed by atoms with Gasteiger partial charge in [0, 0.05) is 17.8 Å². The maximum Gasteiger partial charge on any atom is 0.414 e. The highest BCUT2D eigenvalue weighted by Crippen LogP contribution is 2.21. The second-order valence-corrected chi connectivity index (χ2v) is 6.02. The molecule has 0 radical (unpaired) electrons. The van der Waals surface area contributed by atoms with E-state index >= 15 is 0 Å². The number of hydrogen-bond donors (Lipinski definition) is 1. The lowest BCUT2D eigenvalue weighted by atomic mass is 10.1. The fraction of sp³-hybridized carbons (Fsp3) is 0.333. The van der Waals surface area contributed by atoms with E-state index in [0.717, 1.165) is 5.76 Å². The molecule has 2 amide bonds. The monoisotopic (exact) mass is 343 g/mol. The molecule has 1 fully saturated rings.